The molecule has 0 unspecified atom stereocenters. The van der Waals surface area contributed by atoms with Crippen LogP contribution in [-0.2, 0) is 0 Å². The number of ether oxygens (including phenoxy) is 3. The molecule has 6 rings (SSSR count). The fourth-order valence-corrected chi connectivity index (χ4v) is 4.42. The number of aryl methyl sites for hydroxylation is 1. The molecule has 2 N–H and O–H groups in total. The van der Waals surface area contributed by atoms with Crippen LogP contribution in [0.15, 0.2) is 72.1 Å². The van der Waals surface area contributed by atoms with Crippen LogP contribution in [0.25, 0.3) is 16.5 Å². The van der Waals surface area contributed by atoms with Crippen molar-refractivity contribution in [2.75, 3.05) is 6.79 Å². The van der Waals surface area contributed by atoms with Crippen LogP contribution in [0, 0.1) is 18.3 Å². The van der Waals surface area contributed by atoms with Crippen LogP contribution < -0.4 is 19.9 Å². The van der Waals surface area contributed by atoms with Crippen molar-refractivity contribution in [2.45, 2.75) is 12.8 Å². The number of fused-ring (bicyclic) bond motifs is 3. The monoisotopic (exact) mass is 422 g/mol. The minimum absolute atomic E-state index is 0.0737. The second-order valence-corrected chi connectivity index (χ2v) is 7.78. The third-order valence-corrected chi connectivity index (χ3v) is 5.94. The fourth-order valence-electron chi connectivity index (χ4n) is 4.42. The van der Waals surface area contributed by atoms with Crippen molar-refractivity contribution >= 4 is 10.8 Å². The molecule has 3 heterocycles. The van der Waals surface area contributed by atoms with E-state index in [9.17, 15) is 5.26 Å². The van der Waals surface area contributed by atoms with Gasteiger partial charge in [0, 0.05) is 0 Å². The van der Waals surface area contributed by atoms with Gasteiger partial charge in [-0.05, 0) is 47.5 Å². The van der Waals surface area contributed by atoms with E-state index >= 15 is 0 Å². The van der Waals surface area contributed by atoms with Gasteiger partial charge in [0.1, 0.15) is 11.6 Å². The van der Waals surface area contributed by atoms with Crippen molar-refractivity contribution in [3.63, 3.8) is 0 Å². The Bertz CT molecular complexity index is 1480. The lowest BCUT2D eigenvalue weighted by molar-refractivity contribution is 0.174. The molecule has 0 fully saturated rings. The van der Waals surface area contributed by atoms with Crippen molar-refractivity contribution in [2.24, 2.45) is 5.73 Å². The molecular formula is C25H18N4O3. The highest BCUT2D eigenvalue weighted by Gasteiger charge is 2.36. The van der Waals surface area contributed by atoms with Gasteiger partial charge in [-0.25, -0.2) is 4.68 Å². The molecule has 156 valence electrons. The maximum Gasteiger partial charge on any atom is 0.231 e. The molecule has 2 aliphatic rings. The van der Waals surface area contributed by atoms with E-state index in [1.807, 2.05) is 49.4 Å². The Balaban J connectivity index is 1.55. The number of aromatic nitrogens is 2. The van der Waals surface area contributed by atoms with Gasteiger partial charge in [0.15, 0.2) is 11.5 Å². The first-order valence-electron chi connectivity index (χ1n) is 10.2. The first-order valence-corrected chi connectivity index (χ1v) is 10.2. The van der Waals surface area contributed by atoms with E-state index in [4.69, 9.17) is 25.0 Å². The maximum absolute atomic E-state index is 9.89. The Morgan fingerprint density at radius 2 is 1.84 bits per heavy atom. The first kappa shape index (κ1) is 18.3. The molecule has 7 nitrogen and oxygen atoms in total. The quantitative estimate of drug-likeness (QED) is 0.518. The minimum atomic E-state index is -0.424. The van der Waals surface area contributed by atoms with Gasteiger partial charge in [-0.1, -0.05) is 36.4 Å². The molecule has 0 spiro atoms. The Morgan fingerprint density at radius 3 is 2.69 bits per heavy atom. The summed E-state index contributed by atoms with van der Waals surface area (Å²) in [6.45, 7) is 2.09. The molecule has 7 heteroatoms. The number of nitrogens with zero attached hydrogens (tertiary/aromatic N) is 3. The zero-order chi connectivity index (χ0) is 21.8. The summed E-state index contributed by atoms with van der Waals surface area (Å²) in [6, 6.07) is 22.1. The predicted molar refractivity (Wildman–Crippen MR) is 118 cm³/mol. The van der Waals surface area contributed by atoms with E-state index in [0.29, 0.717) is 23.0 Å². The van der Waals surface area contributed by atoms with Crippen molar-refractivity contribution in [1.29, 1.82) is 5.26 Å². The zero-order valence-electron chi connectivity index (χ0n) is 17.2. The van der Waals surface area contributed by atoms with Crippen LogP contribution in [0.4, 0.5) is 0 Å². The smallest absolute Gasteiger partial charge is 0.231 e. The summed E-state index contributed by atoms with van der Waals surface area (Å²) in [6.07, 6.45) is 0. The van der Waals surface area contributed by atoms with Gasteiger partial charge in [-0.3, -0.25) is 0 Å². The summed E-state index contributed by atoms with van der Waals surface area (Å²) in [4.78, 5) is 0. The van der Waals surface area contributed by atoms with Crippen LogP contribution in [0.5, 0.6) is 17.4 Å². The van der Waals surface area contributed by atoms with Gasteiger partial charge in [-0.2, -0.15) is 10.4 Å². The summed E-state index contributed by atoms with van der Waals surface area (Å²) < 4.78 is 18.7. The number of allylic oxidation sites excluding steroid dienone is 1. The third kappa shape index (κ3) is 2.63. The van der Waals surface area contributed by atoms with E-state index in [2.05, 4.69) is 24.3 Å². The number of benzene rings is 3. The molecule has 0 saturated heterocycles. The van der Waals surface area contributed by atoms with Crippen molar-refractivity contribution in [3.05, 3.63) is 88.9 Å². The molecule has 0 bridgehead atoms. The third-order valence-electron chi connectivity index (χ3n) is 5.94. The summed E-state index contributed by atoms with van der Waals surface area (Å²) in [5.41, 5.74) is 9.86. The van der Waals surface area contributed by atoms with Gasteiger partial charge >= 0.3 is 0 Å². The summed E-state index contributed by atoms with van der Waals surface area (Å²) in [5.74, 6) is 1.49. The van der Waals surface area contributed by atoms with Gasteiger partial charge in [-0.15, -0.1) is 0 Å². The zero-order valence-corrected chi connectivity index (χ0v) is 17.2. The maximum atomic E-state index is 9.89. The van der Waals surface area contributed by atoms with E-state index < -0.39 is 5.92 Å². The molecule has 0 aliphatic carbocycles. The Kier molecular flexibility index (Phi) is 3.89. The number of rotatable bonds is 2. The van der Waals surface area contributed by atoms with Gasteiger partial charge < -0.3 is 19.9 Å². The number of hydrogen-bond acceptors (Lipinski definition) is 6. The van der Waals surface area contributed by atoms with Gasteiger partial charge in [0.25, 0.3) is 0 Å². The van der Waals surface area contributed by atoms with Crippen molar-refractivity contribution < 1.29 is 14.2 Å². The normalized spacial score (nSPS) is 16.6. The topological polar surface area (TPSA) is 95.3 Å². The molecule has 32 heavy (non-hydrogen) atoms. The number of nitrogens with two attached hydrogens (primary N) is 1. The molecule has 4 aromatic rings. The molecule has 0 amide bonds. The first-order chi connectivity index (χ1) is 15.6. The minimum Gasteiger partial charge on any atom is -0.454 e. The van der Waals surface area contributed by atoms with Crippen LogP contribution in [-0.4, -0.2) is 16.6 Å². The van der Waals surface area contributed by atoms with E-state index in [0.717, 1.165) is 33.3 Å². The largest absolute Gasteiger partial charge is 0.454 e. The molecule has 2 aliphatic heterocycles. The van der Waals surface area contributed by atoms with Crippen LogP contribution >= 0.6 is 0 Å². The average molecular weight is 422 g/mol. The standard InChI is InChI=1S/C25H18N4O3/c1-14-22-23(17-7-9-20-21(11-17)31-13-30-20)19(12-26)24(27)32-25(22)29(28-14)18-8-6-15-4-2-3-5-16(15)10-18/h2-11,23H,13,27H2,1H3/t23-/m1/s1. The number of hydrogen-bond donors (Lipinski definition) is 1. The van der Waals surface area contributed by atoms with Crippen LogP contribution in [0.3, 0.4) is 0 Å². The molecule has 0 saturated carbocycles. The van der Waals surface area contributed by atoms with Crippen LogP contribution in [0.2, 0.25) is 0 Å². The van der Waals surface area contributed by atoms with Gasteiger partial charge in [0.2, 0.25) is 18.6 Å². The lowest BCUT2D eigenvalue weighted by Gasteiger charge is -2.25. The van der Waals surface area contributed by atoms with E-state index in [-0.39, 0.29) is 12.7 Å². The summed E-state index contributed by atoms with van der Waals surface area (Å²) in [5, 5.41) is 16.9. The highest BCUT2D eigenvalue weighted by molar-refractivity contribution is 5.84. The summed E-state index contributed by atoms with van der Waals surface area (Å²) >= 11 is 0. The molecule has 3 aromatic carbocycles. The predicted octanol–water partition coefficient (Wildman–Crippen LogP) is 4.28. The second-order valence-electron chi connectivity index (χ2n) is 7.78. The molecule has 1 aromatic heterocycles. The highest BCUT2D eigenvalue weighted by atomic mass is 16.7. The van der Waals surface area contributed by atoms with E-state index in [1.165, 1.54) is 0 Å². The molecule has 1 atom stereocenters. The lowest BCUT2D eigenvalue weighted by atomic mass is 9.84. The lowest BCUT2D eigenvalue weighted by Crippen LogP contribution is -2.22. The Hall–Kier alpha value is -4.44. The van der Waals surface area contributed by atoms with Crippen molar-refractivity contribution in [3.8, 4) is 29.1 Å². The van der Waals surface area contributed by atoms with Crippen LogP contribution in [0.1, 0.15) is 22.7 Å². The van der Waals surface area contributed by atoms with E-state index in [1.54, 1.807) is 4.68 Å². The summed E-state index contributed by atoms with van der Waals surface area (Å²) in [7, 11) is 0. The van der Waals surface area contributed by atoms with Gasteiger partial charge in [0.05, 0.1) is 22.9 Å². The Morgan fingerprint density at radius 1 is 1.03 bits per heavy atom. The van der Waals surface area contributed by atoms with Crippen molar-refractivity contribution in [1.82, 2.24) is 9.78 Å². The SMILES string of the molecule is Cc1nn(-c2ccc3ccccc3c2)c2c1[C@H](c1ccc3c(c1)OCO3)C(C#N)=C(N)O2. The number of nitriles is 1. The highest BCUT2D eigenvalue weighted by Crippen LogP contribution is 2.46. The second kappa shape index (κ2) is 6.79. The molecule has 0 radical (unpaired) electrons. The molecular weight excluding hydrogens is 404 g/mol. The Labute approximate surface area is 183 Å². The fraction of sp³-hybridized carbons (Fsp3) is 0.120. The average Bonchev–Trinajstić information content (AvgIpc) is 3.41.